The first kappa shape index (κ1) is 16.6. The summed E-state index contributed by atoms with van der Waals surface area (Å²) in [5, 5.41) is 34.2. The summed E-state index contributed by atoms with van der Waals surface area (Å²) in [5.41, 5.74) is 5.44. The molecule has 0 saturated heterocycles. The van der Waals surface area contributed by atoms with E-state index in [0.717, 1.165) is 11.3 Å². The monoisotopic (exact) mass is 343 g/mol. The third-order valence-corrected chi connectivity index (χ3v) is 3.28. The zero-order valence-corrected chi connectivity index (χ0v) is 12.6. The Morgan fingerprint density at radius 2 is 2.17 bits per heavy atom. The fourth-order valence-corrected chi connectivity index (χ4v) is 2.01. The number of carboxylic acids is 1. The highest BCUT2D eigenvalue weighted by Crippen LogP contribution is 2.21. The summed E-state index contributed by atoms with van der Waals surface area (Å²) >= 11 is 1.07. The Kier molecular flexibility index (Phi) is 5.02. The number of aliphatic carboxylic acids is 1. The van der Waals surface area contributed by atoms with E-state index in [1.165, 1.54) is 6.92 Å². The van der Waals surface area contributed by atoms with Gasteiger partial charge in [-0.2, -0.15) is 4.98 Å². The topological polar surface area (TPSA) is 189 Å². The number of carbonyl (C=O) groups is 2. The molecule has 2 heterocycles. The van der Waals surface area contributed by atoms with Crippen LogP contribution in [0, 0.1) is 0 Å². The minimum atomic E-state index is -1.43. The number of urea groups is 1. The molecule has 2 rings (SSSR count). The van der Waals surface area contributed by atoms with E-state index < -0.39 is 24.1 Å². The lowest BCUT2D eigenvalue weighted by Crippen LogP contribution is -2.51. The zero-order valence-electron chi connectivity index (χ0n) is 11.8. The quantitative estimate of drug-likeness (QED) is 0.426. The Hall–Kier alpha value is -2.80. The van der Waals surface area contributed by atoms with E-state index in [2.05, 4.69) is 31.0 Å². The fraction of sp³-hybridized carbons (Fsp3) is 0.400. The maximum absolute atomic E-state index is 11.6. The van der Waals surface area contributed by atoms with Gasteiger partial charge in [-0.3, -0.25) is 0 Å². The van der Waals surface area contributed by atoms with Gasteiger partial charge >= 0.3 is 12.0 Å². The number of rotatable bonds is 6. The number of carbonyl (C=O) groups excluding carboxylic acids is 1. The van der Waals surface area contributed by atoms with Crippen LogP contribution in [0.1, 0.15) is 12.8 Å². The van der Waals surface area contributed by atoms with Gasteiger partial charge in [-0.05, 0) is 6.92 Å². The standard InChI is InChI=1S/C10H13N7O5S/c1-3(18)5(8(19)20)14-10(21)12-2-4-13-6(17-22-4)7-15-16-9(11)23-7/h3,5,18H,2H2,1H3,(H2,11,16)(H,19,20)(H2,12,14,21). The average molecular weight is 343 g/mol. The zero-order chi connectivity index (χ0) is 17.0. The highest BCUT2D eigenvalue weighted by atomic mass is 32.1. The molecule has 0 aliphatic carbocycles. The second-order valence-corrected chi connectivity index (χ2v) is 5.35. The van der Waals surface area contributed by atoms with Crippen LogP contribution in [0.3, 0.4) is 0 Å². The van der Waals surface area contributed by atoms with Gasteiger partial charge in [0.2, 0.25) is 16.8 Å². The number of hydrogen-bond donors (Lipinski definition) is 5. The summed E-state index contributed by atoms with van der Waals surface area (Å²) in [7, 11) is 0. The molecule has 13 heteroatoms. The van der Waals surface area contributed by atoms with Crippen molar-refractivity contribution in [3.8, 4) is 10.8 Å². The summed E-state index contributed by atoms with van der Waals surface area (Å²) in [4.78, 5) is 26.4. The molecule has 6 N–H and O–H groups in total. The predicted octanol–water partition coefficient (Wildman–Crippen LogP) is -1.20. The van der Waals surface area contributed by atoms with Gasteiger partial charge in [0.25, 0.3) is 0 Å². The van der Waals surface area contributed by atoms with Crippen LogP contribution in [0.2, 0.25) is 0 Å². The van der Waals surface area contributed by atoms with Gasteiger partial charge < -0.3 is 31.1 Å². The lowest BCUT2D eigenvalue weighted by atomic mass is 10.2. The van der Waals surface area contributed by atoms with Gasteiger partial charge in [0.05, 0.1) is 12.6 Å². The number of nitrogens with zero attached hydrogens (tertiary/aromatic N) is 4. The van der Waals surface area contributed by atoms with Crippen molar-refractivity contribution in [3.05, 3.63) is 5.89 Å². The van der Waals surface area contributed by atoms with Crippen LogP contribution in [0.5, 0.6) is 0 Å². The SMILES string of the molecule is CC(O)C(NC(=O)NCc1nc(-c2nnc(N)s2)no1)C(=O)O. The van der Waals surface area contributed by atoms with Gasteiger partial charge in [0.15, 0.2) is 11.0 Å². The van der Waals surface area contributed by atoms with Gasteiger partial charge in [0.1, 0.15) is 0 Å². The Morgan fingerprint density at radius 1 is 1.43 bits per heavy atom. The van der Waals surface area contributed by atoms with Crippen LogP contribution < -0.4 is 16.4 Å². The van der Waals surface area contributed by atoms with E-state index in [1.807, 2.05) is 0 Å². The third kappa shape index (κ3) is 4.33. The Bertz CT molecular complexity index is 699. The maximum Gasteiger partial charge on any atom is 0.328 e. The largest absolute Gasteiger partial charge is 0.480 e. The number of anilines is 1. The molecule has 2 unspecified atom stereocenters. The molecule has 0 fully saturated rings. The maximum atomic E-state index is 11.6. The summed E-state index contributed by atoms with van der Waals surface area (Å²) in [6.07, 6.45) is -1.25. The van der Waals surface area contributed by atoms with E-state index in [4.69, 9.17) is 15.4 Å². The Morgan fingerprint density at radius 3 is 2.74 bits per heavy atom. The van der Waals surface area contributed by atoms with Crippen LogP contribution >= 0.6 is 11.3 Å². The van der Waals surface area contributed by atoms with Crippen molar-refractivity contribution in [2.45, 2.75) is 25.6 Å². The molecule has 2 aromatic heterocycles. The van der Waals surface area contributed by atoms with Crippen LogP contribution in [-0.2, 0) is 11.3 Å². The highest BCUT2D eigenvalue weighted by Gasteiger charge is 2.25. The third-order valence-electron chi connectivity index (χ3n) is 2.54. The minimum absolute atomic E-state index is 0.0767. The number of aromatic nitrogens is 4. The lowest BCUT2D eigenvalue weighted by molar-refractivity contribution is -0.141. The molecule has 0 aliphatic rings. The van der Waals surface area contributed by atoms with Crippen molar-refractivity contribution in [2.75, 3.05) is 5.73 Å². The molecule has 0 aromatic carbocycles. The van der Waals surface area contributed by atoms with Crippen LogP contribution in [-0.4, -0.2) is 54.7 Å². The van der Waals surface area contributed by atoms with Crippen molar-refractivity contribution >= 4 is 28.5 Å². The molecular weight excluding hydrogens is 330 g/mol. The molecule has 0 aliphatic heterocycles. The molecule has 124 valence electrons. The molecule has 0 bridgehead atoms. The van der Waals surface area contributed by atoms with Gasteiger partial charge in [-0.1, -0.05) is 16.5 Å². The average Bonchev–Trinajstić information content (AvgIpc) is 3.10. The van der Waals surface area contributed by atoms with Gasteiger partial charge in [-0.15, -0.1) is 10.2 Å². The molecule has 12 nitrogen and oxygen atoms in total. The first-order chi connectivity index (χ1) is 10.9. The smallest absolute Gasteiger partial charge is 0.328 e. The molecule has 23 heavy (non-hydrogen) atoms. The van der Waals surface area contributed by atoms with E-state index in [1.54, 1.807) is 0 Å². The van der Waals surface area contributed by atoms with Crippen molar-refractivity contribution in [1.29, 1.82) is 0 Å². The lowest BCUT2D eigenvalue weighted by Gasteiger charge is -2.16. The molecule has 0 saturated carbocycles. The second kappa shape index (κ2) is 6.97. The summed E-state index contributed by atoms with van der Waals surface area (Å²) in [5.74, 6) is -1.11. The summed E-state index contributed by atoms with van der Waals surface area (Å²) in [6.45, 7) is 1.11. The van der Waals surface area contributed by atoms with E-state index in [-0.39, 0.29) is 23.4 Å². The first-order valence-corrected chi connectivity index (χ1v) is 7.05. The number of hydrogen-bond acceptors (Lipinski definition) is 10. The Labute approximate surface area is 132 Å². The van der Waals surface area contributed by atoms with E-state index >= 15 is 0 Å². The highest BCUT2D eigenvalue weighted by molar-refractivity contribution is 7.18. The number of nitrogen functional groups attached to an aromatic ring is 1. The van der Waals surface area contributed by atoms with Crippen LogP contribution in [0.15, 0.2) is 4.52 Å². The normalized spacial score (nSPS) is 13.3. The molecule has 0 spiro atoms. The minimum Gasteiger partial charge on any atom is -0.480 e. The van der Waals surface area contributed by atoms with Gasteiger partial charge in [-0.25, -0.2) is 9.59 Å². The molecule has 2 atom stereocenters. The number of nitrogens with one attached hydrogen (secondary N) is 2. The molecule has 2 aromatic rings. The van der Waals surface area contributed by atoms with Gasteiger partial charge in [0, 0.05) is 0 Å². The van der Waals surface area contributed by atoms with Crippen LogP contribution in [0.25, 0.3) is 10.8 Å². The van der Waals surface area contributed by atoms with E-state index in [9.17, 15) is 14.7 Å². The van der Waals surface area contributed by atoms with E-state index in [0.29, 0.717) is 5.01 Å². The molecular formula is C10H13N7O5S. The number of carboxylic acid groups (broad SMARTS) is 1. The Balaban J connectivity index is 1.90. The number of amides is 2. The fourth-order valence-electron chi connectivity index (χ4n) is 1.48. The van der Waals surface area contributed by atoms with Crippen molar-refractivity contribution in [1.82, 2.24) is 31.0 Å². The number of nitrogens with two attached hydrogens (primary N) is 1. The van der Waals surface area contributed by atoms with Crippen molar-refractivity contribution < 1.29 is 24.3 Å². The second-order valence-electron chi connectivity index (χ2n) is 4.34. The number of aliphatic hydroxyl groups is 1. The number of aliphatic hydroxyl groups excluding tert-OH is 1. The first-order valence-electron chi connectivity index (χ1n) is 6.24. The molecule has 2 amide bonds. The van der Waals surface area contributed by atoms with Crippen molar-refractivity contribution in [2.24, 2.45) is 0 Å². The molecule has 0 radical (unpaired) electrons. The summed E-state index contributed by atoms with van der Waals surface area (Å²) < 4.78 is 4.91. The van der Waals surface area contributed by atoms with Crippen LogP contribution in [0.4, 0.5) is 9.93 Å². The summed E-state index contributed by atoms with van der Waals surface area (Å²) in [6, 6.07) is -2.24. The van der Waals surface area contributed by atoms with Crippen molar-refractivity contribution in [3.63, 3.8) is 0 Å². The predicted molar refractivity (Wildman–Crippen MR) is 76.1 cm³/mol.